The largest absolute Gasteiger partial charge is 0.452 e. The van der Waals surface area contributed by atoms with E-state index in [0.717, 1.165) is 24.2 Å². The zero-order chi connectivity index (χ0) is 23.3. The molecule has 0 atom stereocenters. The molecule has 2 aromatic carbocycles. The van der Waals surface area contributed by atoms with Gasteiger partial charge in [0.2, 0.25) is 10.0 Å². The quantitative estimate of drug-likeness (QED) is 0.452. The van der Waals surface area contributed by atoms with Crippen LogP contribution in [0.15, 0.2) is 46.2 Å². The average Bonchev–Trinajstić information content (AvgIpc) is 2.79. The predicted octanol–water partition coefficient (Wildman–Crippen LogP) is 4.34. The number of piperidine rings is 1. The molecule has 172 valence electrons. The summed E-state index contributed by atoms with van der Waals surface area (Å²) in [5, 5.41) is 2.87. The molecule has 1 fully saturated rings. The molecule has 0 spiro atoms. The van der Waals surface area contributed by atoms with Gasteiger partial charge in [-0.15, -0.1) is 11.8 Å². The number of anilines is 1. The van der Waals surface area contributed by atoms with Gasteiger partial charge in [-0.1, -0.05) is 24.1 Å². The maximum Gasteiger partial charge on any atom is 0.340 e. The van der Waals surface area contributed by atoms with Crippen LogP contribution in [-0.4, -0.2) is 50.6 Å². The van der Waals surface area contributed by atoms with Crippen molar-refractivity contribution in [2.24, 2.45) is 0 Å². The smallest absolute Gasteiger partial charge is 0.340 e. The van der Waals surface area contributed by atoms with Crippen LogP contribution in [0.3, 0.4) is 0 Å². The fourth-order valence-corrected chi connectivity index (χ4v) is 5.51. The van der Waals surface area contributed by atoms with Gasteiger partial charge >= 0.3 is 5.97 Å². The summed E-state index contributed by atoms with van der Waals surface area (Å²) in [7, 11) is -3.63. The summed E-state index contributed by atoms with van der Waals surface area (Å²) >= 11 is 7.52. The fourth-order valence-electron chi connectivity index (χ4n) is 3.33. The summed E-state index contributed by atoms with van der Waals surface area (Å²) in [5.74, 6) is -1.29. The van der Waals surface area contributed by atoms with Crippen LogP contribution < -0.4 is 5.32 Å². The summed E-state index contributed by atoms with van der Waals surface area (Å²) in [6.45, 7) is 2.22. The second-order valence-electron chi connectivity index (χ2n) is 7.41. The first-order chi connectivity index (χ1) is 15.2. The van der Waals surface area contributed by atoms with Crippen molar-refractivity contribution >= 4 is 50.9 Å². The van der Waals surface area contributed by atoms with Crippen molar-refractivity contribution in [3.63, 3.8) is 0 Å². The van der Waals surface area contributed by atoms with Crippen molar-refractivity contribution in [1.82, 2.24) is 4.31 Å². The monoisotopic (exact) mass is 496 g/mol. The van der Waals surface area contributed by atoms with Gasteiger partial charge in [0.05, 0.1) is 15.5 Å². The molecule has 0 bridgehead atoms. The van der Waals surface area contributed by atoms with Crippen molar-refractivity contribution in [3.05, 3.63) is 52.5 Å². The molecule has 2 aromatic rings. The topological polar surface area (TPSA) is 92.8 Å². The Kier molecular flexibility index (Phi) is 8.21. The van der Waals surface area contributed by atoms with Crippen molar-refractivity contribution in [2.75, 3.05) is 31.3 Å². The zero-order valence-electron chi connectivity index (χ0n) is 17.9. The number of nitrogens with zero attached hydrogens (tertiary/aromatic N) is 1. The molecule has 1 aliphatic rings. The summed E-state index contributed by atoms with van der Waals surface area (Å²) < 4.78 is 32.4. The van der Waals surface area contributed by atoms with Gasteiger partial charge in [-0.25, -0.2) is 13.2 Å². The lowest BCUT2D eigenvalue weighted by Gasteiger charge is -2.26. The highest BCUT2D eigenvalue weighted by molar-refractivity contribution is 7.98. The van der Waals surface area contributed by atoms with E-state index in [1.165, 1.54) is 28.2 Å². The molecule has 1 N–H and O–H groups in total. The van der Waals surface area contributed by atoms with E-state index in [2.05, 4.69) is 5.32 Å². The molecule has 0 aromatic heterocycles. The first-order valence-electron chi connectivity index (χ1n) is 10.1. The van der Waals surface area contributed by atoms with E-state index in [9.17, 15) is 18.0 Å². The minimum atomic E-state index is -3.63. The normalized spacial score (nSPS) is 14.7. The first-order valence-corrected chi connectivity index (χ1v) is 13.2. The number of carbonyl (C=O) groups excluding carboxylic acids is 2. The molecule has 0 unspecified atom stereocenters. The molecule has 10 heteroatoms. The van der Waals surface area contributed by atoms with Crippen LogP contribution in [-0.2, 0) is 19.6 Å². The maximum atomic E-state index is 12.9. The molecule has 32 heavy (non-hydrogen) atoms. The lowest BCUT2D eigenvalue weighted by Crippen LogP contribution is -2.35. The third-order valence-corrected chi connectivity index (χ3v) is 8.11. The van der Waals surface area contributed by atoms with Gasteiger partial charge in [-0.3, -0.25) is 4.79 Å². The van der Waals surface area contributed by atoms with Gasteiger partial charge < -0.3 is 10.1 Å². The summed E-state index contributed by atoms with van der Waals surface area (Å²) in [6.07, 6.45) is 4.56. The fraction of sp³-hybridized carbons (Fsp3) is 0.364. The highest BCUT2D eigenvalue weighted by Gasteiger charge is 2.26. The summed E-state index contributed by atoms with van der Waals surface area (Å²) in [4.78, 5) is 25.7. The van der Waals surface area contributed by atoms with Crippen molar-refractivity contribution in [1.29, 1.82) is 0 Å². The summed E-state index contributed by atoms with van der Waals surface area (Å²) in [6, 6.07) is 9.61. The number of halogens is 1. The van der Waals surface area contributed by atoms with E-state index in [0.29, 0.717) is 24.3 Å². The van der Waals surface area contributed by atoms with Crippen molar-refractivity contribution < 1.29 is 22.7 Å². The van der Waals surface area contributed by atoms with E-state index in [4.69, 9.17) is 16.3 Å². The highest BCUT2D eigenvalue weighted by Crippen LogP contribution is 2.26. The molecule has 7 nitrogen and oxygen atoms in total. The second-order valence-corrected chi connectivity index (χ2v) is 10.6. The van der Waals surface area contributed by atoms with Gasteiger partial charge in [-0.05, 0) is 61.9 Å². The summed E-state index contributed by atoms with van der Waals surface area (Å²) in [5.41, 5.74) is 1.22. The SMILES string of the molecule is CSc1ccc(Cl)c(C(=O)OCC(=O)Nc2cc(S(=O)(=O)N3CCCCC3)ccc2C)c1. The Labute approximate surface area is 197 Å². The Morgan fingerprint density at radius 1 is 1.12 bits per heavy atom. The number of amides is 1. The number of carbonyl (C=O) groups is 2. The molecule has 0 radical (unpaired) electrons. The number of sulfonamides is 1. The average molecular weight is 497 g/mol. The van der Waals surface area contributed by atoms with Crippen molar-refractivity contribution in [2.45, 2.75) is 36.0 Å². The predicted molar refractivity (Wildman–Crippen MR) is 126 cm³/mol. The number of esters is 1. The molecule has 0 saturated carbocycles. The van der Waals surface area contributed by atoms with Crippen LogP contribution in [0, 0.1) is 6.92 Å². The van der Waals surface area contributed by atoms with E-state index in [-0.39, 0.29) is 15.5 Å². The Bertz CT molecular complexity index is 1120. The molecule has 3 rings (SSSR count). The number of benzene rings is 2. The van der Waals surface area contributed by atoms with Crippen LogP contribution in [0.25, 0.3) is 0 Å². The number of aryl methyl sites for hydroxylation is 1. The van der Waals surface area contributed by atoms with E-state index >= 15 is 0 Å². The zero-order valence-corrected chi connectivity index (χ0v) is 20.3. The van der Waals surface area contributed by atoms with Gasteiger partial charge in [0, 0.05) is 23.7 Å². The molecule has 1 heterocycles. The number of hydrogen-bond acceptors (Lipinski definition) is 6. The molecule has 1 amide bonds. The second kappa shape index (κ2) is 10.7. The van der Waals surface area contributed by atoms with E-state index in [1.807, 2.05) is 6.26 Å². The highest BCUT2D eigenvalue weighted by atomic mass is 35.5. The molecule has 1 aliphatic heterocycles. The Morgan fingerprint density at radius 3 is 2.53 bits per heavy atom. The molecule has 1 saturated heterocycles. The lowest BCUT2D eigenvalue weighted by molar-refractivity contribution is -0.119. The van der Waals surface area contributed by atoms with Gasteiger partial charge in [0.25, 0.3) is 5.91 Å². The Hall–Kier alpha value is -2.07. The van der Waals surface area contributed by atoms with Crippen molar-refractivity contribution in [3.8, 4) is 0 Å². The lowest BCUT2D eigenvalue weighted by atomic mass is 10.2. The van der Waals surface area contributed by atoms with Gasteiger partial charge in [0.1, 0.15) is 0 Å². The minimum absolute atomic E-state index is 0.123. The molecule has 0 aliphatic carbocycles. The van der Waals surface area contributed by atoms with Gasteiger partial charge in [-0.2, -0.15) is 4.31 Å². The molecular formula is C22H25ClN2O5S2. The van der Waals surface area contributed by atoms with E-state index < -0.39 is 28.5 Å². The third kappa shape index (κ3) is 5.83. The first kappa shape index (κ1) is 24.6. The third-order valence-electron chi connectivity index (χ3n) is 5.16. The minimum Gasteiger partial charge on any atom is -0.452 e. The number of nitrogens with one attached hydrogen (secondary N) is 1. The standard InChI is InChI=1S/C22H25ClN2O5S2/c1-15-6-8-17(32(28,29)25-10-4-3-5-11-25)13-20(15)24-21(26)14-30-22(27)18-12-16(31-2)7-9-19(18)23/h6-9,12-13H,3-5,10-11,14H2,1-2H3,(H,24,26). The Balaban J connectivity index is 1.67. The number of thioether (sulfide) groups is 1. The van der Waals surface area contributed by atoms with Crippen LogP contribution in [0.5, 0.6) is 0 Å². The molecular weight excluding hydrogens is 472 g/mol. The van der Waals surface area contributed by atoms with Crippen LogP contribution >= 0.6 is 23.4 Å². The number of rotatable bonds is 7. The Morgan fingerprint density at radius 2 is 1.84 bits per heavy atom. The van der Waals surface area contributed by atoms with Gasteiger partial charge in [0.15, 0.2) is 6.61 Å². The number of hydrogen-bond donors (Lipinski definition) is 1. The number of ether oxygens (including phenoxy) is 1. The van der Waals surface area contributed by atoms with Crippen LogP contribution in [0.4, 0.5) is 5.69 Å². The van der Waals surface area contributed by atoms with Crippen LogP contribution in [0.1, 0.15) is 35.2 Å². The van der Waals surface area contributed by atoms with Crippen LogP contribution in [0.2, 0.25) is 5.02 Å². The maximum absolute atomic E-state index is 12.9. The van der Waals surface area contributed by atoms with E-state index in [1.54, 1.807) is 31.2 Å².